The fourth-order valence-electron chi connectivity index (χ4n) is 2.07. The first-order valence-corrected chi connectivity index (χ1v) is 7.47. The highest BCUT2D eigenvalue weighted by Gasteiger charge is 2.22. The van der Waals surface area contributed by atoms with Crippen LogP contribution in [-0.4, -0.2) is 51.1 Å². The van der Waals surface area contributed by atoms with Crippen molar-refractivity contribution in [3.05, 3.63) is 47.8 Å². The minimum atomic E-state index is -1.13. The van der Waals surface area contributed by atoms with E-state index in [0.717, 1.165) is 0 Å². The van der Waals surface area contributed by atoms with Crippen LogP contribution in [0.2, 0.25) is 0 Å². The zero-order valence-electron chi connectivity index (χ0n) is 13.0. The Labute approximate surface area is 138 Å². The minimum absolute atomic E-state index is 0.110. The van der Waals surface area contributed by atoms with Crippen LogP contribution < -0.4 is 16.4 Å². The molecule has 0 spiro atoms. The smallest absolute Gasteiger partial charge is 0.326 e. The van der Waals surface area contributed by atoms with E-state index in [1.807, 2.05) is 0 Å². The number of nitrogens with zero attached hydrogens (tertiary/aromatic N) is 2. The maximum absolute atomic E-state index is 12.3. The van der Waals surface area contributed by atoms with Crippen molar-refractivity contribution in [3.8, 4) is 0 Å². The van der Waals surface area contributed by atoms with E-state index in [4.69, 9.17) is 5.73 Å². The summed E-state index contributed by atoms with van der Waals surface area (Å²) in [6.07, 6.45) is 3.08. The van der Waals surface area contributed by atoms with Crippen LogP contribution in [-0.2, 0) is 17.8 Å². The lowest BCUT2D eigenvalue weighted by atomic mass is 10.1. The van der Waals surface area contributed by atoms with Gasteiger partial charge in [-0.1, -0.05) is 6.07 Å². The average molecular weight is 332 g/mol. The first-order chi connectivity index (χ1) is 11.6. The molecule has 0 fully saturated rings. The standard InChI is InChI=1S/C15H20N6O3/c16-4-5-17-7-10-2-1-3-12(20-10)14(22)21-13(15(23)24)6-11-8-18-9-19-11/h1-3,8-9,13,17H,4-7,16H2,(H,18,19)(H,21,22)(H,23,24). The number of hydrogen-bond donors (Lipinski definition) is 5. The molecular weight excluding hydrogens is 312 g/mol. The molecule has 1 unspecified atom stereocenters. The number of carboxylic acid groups (broad SMARTS) is 1. The molecule has 9 nitrogen and oxygen atoms in total. The van der Waals surface area contributed by atoms with E-state index in [1.165, 1.54) is 18.6 Å². The van der Waals surface area contributed by atoms with Crippen molar-refractivity contribution in [2.75, 3.05) is 13.1 Å². The third kappa shape index (κ3) is 5.14. The van der Waals surface area contributed by atoms with E-state index in [2.05, 4.69) is 25.6 Å². The number of carboxylic acids is 1. The molecule has 1 amide bonds. The van der Waals surface area contributed by atoms with Crippen molar-refractivity contribution in [2.24, 2.45) is 5.73 Å². The number of aliphatic carboxylic acids is 1. The highest BCUT2D eigenvalue weighted by molar-refractivity contribution is 5.95. The van der Waals surface area contributed by atoms with Gasteiger partial charge in [-0.25, -0.2) is 14.8 Å². The normalized spacial score (nSPS) is 11.9. The van der Waals surface area contributed by atoms with Crippen molar-refractivity contribution < 1.29 is 14.7 Å². The molecule has 128 valence electrons. The summed E-state index contributed by atoms with van der Waals surface area (Å²) in [5, 5.41) is 14.8. The molecular formula is C15H20N6O3. The number of aromatic nitrogens is 3. The number of imidazole rings is 1. The lowest BCUT2D eigenvalue weighted by Gasteiger charge is -2.13. The molecule has 1 atom stereocenters. The highest BCUT2D eigenvalue weighted by Crippen LogP contribution is 2.03. The Morgan fingerprint density at radius 1 is 1.38 bits per heavy atom. The third-order valence-corrected chi connectivity index (χ3v) is 3.25. The van der Waals surface area contributed by atoms with E-state index in [-0.39, 0.29) is 12.1 Å². The molecule has 0 aromatic carbocycles. The number of carbonyl (C=O) groups excluding carboxylic acids is 1. The Morgan fingerprint density at radius 2 is 2.21 bits per heavy atom. The molecule has 0 radical (unpaired) electrons. The van der Waals surface area contributed by atoms with Gasteiger partial charge in [-0.2, -0.15) is 0 Å². The summed E-state index contributed by atoms with van der Waals surface area (Å²) in [5.41, 5.74) is 6.86. The molecule has 6 N–H and O–H groups in total. The van der Waals surface area contributed by atoms with Gasteiger partial charge in [0.05, 0.1) is 12.0 Å². The number of pyridine rings is 1. The molecule has 2 heterocycles. The fraction of sp³-hybridized carbons (Fsp3) is 0.333. The number of aromatic amines is 1. The van der Waals surface area contributed by atoms with E-state index in [0.29, 0.717) is 31.0 Å². The molecule has 24 heavy (non-hydrogen) atoms. The lowest BCUT2D eigenvalue weighted by molar-refractivity contribution is -0.139. The van der Waals surface area contributed by atoms with Crippen molar-refractivity contribution >= 4 is 11.9 Å². The fourth-order valence-corrected chi connectivity index (χ4v) is 2.07. The number of amides is 1. The Morgan fingerprint density at radius 3 is 2.88 bits per heavy atom. The topological polar surface area (TPSA) is 146 Å². The molecule has 9 heteroatoms. The summed E-state index contributed by atoms with van der Waals surface area (Å²) >= 11 is 0. The summed E-state index contributed by atoms with van der Waals surface area (Å²) in [6.45, 7) is 1.63. The van der Waals surface area contributed by atoms with Crippen molar-refractivity contribution in [1.29, 1.82) is 0 Å². The predicted octanol–water partition coefficient (Wildman–Crippen LogP) is -0.721. The second-order valence-corrected chi connectivity index (χ2v) is 5.12. The van der Waals surface area contributed by atoms with Gasteiger partial charge in [0, 0.05) is 37.9 Å². The van der Waals surface area contributed by atoms with Crippen LogP contribution in [0.4, 0.5) is 0 Å². The van der Waals surface area contributed by atoms with Gasteiger partial charge in [-0.15, -0.1) is 0 Å². The Balaban J connectivity index is 2.01. The number of carbonyl (C=O) groups is 2. The average Bonchev–Trinajstić information content (AvgIpc) is 3.08. The summed E-state index contributed by atoms with van der Waals surface area (Å²) in [6, 6.07) is 3.95. The van der Waals surface area contributed by atoms with Crippen LogP contribution in [0.25, 0.3) is 0 Å². The maximum Gasteiger partial charge on any atom is 0.326 e. The van der Waals surface area contributed by atoms with Gasteiger partial charge < -0.3 is 26.5 Å². The Bertz CT molecular complexity index is 674. The summed E-state index contributed by atoms with van der Waals surface area (Å²) in [5.74, 6) is -1.67. The largest absolute Gasteiger partial charge is 0.480 e. The van der Waals surface area contributed by atoms with Gasteiger partial charge in [0.2, 0.25) is 0 Å². The van der Waals surface area contributed by atoms with Crippen LogP contribution in [0, 0.1) is 0 Å². The van der Waals surface area contributed by atoms with Crippen LogP contribution >= 0.6 is 0 Å². The summed E-state index contributed by atoms with van der Waals surface area (Å²) in [7, 11) is 0. The predicted molar refractivity (Wildman–Crippen MR) is 86.2 cm³/mol. The Hall–Kier alpha value is -2.78. The third-order valence-electron chi connectivity index (χ3n) is 3.25. The van der Waals surface area contributed by atoms with Gasteiger partial charge >= 0.3 is 5.97 Å². The van der Waals surface area contributed by atoms with Gasteiger partial charge in [0.15, 0.2) is 0 Å². The van der Waals surface area contributed by atoms with Crippen molar-refractivity contribution in [3.63, 3.8) is 0 Å². The minimum Gasteiger partial charge on any atom is -0.480 e. The number of nitrogens with two attached hydrogens (primary N) is 1. The summed E-state index contributed by atoms with van der Waals surface area (Å²) in [4.78, 5) is 34.5. The van der Waals surface area contributed by atoms with E-state index >= 15 is 0 Å². The Kier molecular flexibility index (Phi) is 6.41. The molecule has 0 aliphatic heterocycles. The molecule has 2 aromatic rings. The molecule has 2 aromatic heterocycles. The van der Waals surface area contributed by atoms with Crippen molar-refractivity contribution in [2.45, 2.75) is 19.0 Å². The molecule has 0 aliphatic rings. The van der Waals surface area contributed by atoms with Crippen molar-refractivity contribution in [1.82, 2.24) is 25.6 Å². The lowest BCUT2D eigenvalue weighted by Crippen LogP contribution is -2.42. The second-order valence-electron chi connectivity index (χ2n) is 5.12. The van der Waals surface area contributed by atoms with Gasteiger partial charge in [0.1, 0.15) is 11.7 Å². The first kappa shape index (κ1) is 17.6. The SMILES string of the molecule is NCCNCc1cccc(C(=O)NC(Cc2cnc[nH]2)C(=O)O)n1. The monoisotopic (exact) mass is 332 g/mol. The quantitative estimate of drug-likeness (QED) is 0.381. The highest BCUT2D eigenvalue weighted by atomic mass is 16.4. The van der Waals surface area contributed by atoms with E-state index in [1.54, 1.807) is 12.1 Å². The van der Waals surface area contributed by atoms with Gasteiger partial charge in [-0.05, 0) is 12.1 Å². The molecule has 0 aliphatic carbocycles. The number of nitrogens with one attached hydrogen (secondary N) is 3. The molecule has 0 saturated heterocycles. The van der Waals surface area contributed by atoms with Crippen LogP contribution in [0.5, 0.6) is 0 Å². The zero-order valence-corrected chi connectivity index (χ0v) is 13.0. The zero-order chi connectivity index (χ0) is 17.4. The number of rotatable bonds is 9. The maximum atomic E-state index is 12.3. The summed E-state index contributed by atoms with van der Waals surface area (Å²) < 4.78 is 0. The van der Waals surface area contributed by atoms with Gasteiger partial charge in [-0.3, -0.25) is 4.79 Å². The van der Waals surface area contributed by atoms with Crippen LogP contribution in [0.1, 0.15) is 21.9 Å². The van der Waals surface area contributed by atoms with Crippen LogP contribution in [0.15, 0.2) is 30.7 Å². The van der Waals surface area contributed by atoms with Crippen LogP contribution in [0.3, 0.4) is 0 Å². The second kappa shape index (κ2) is 8.75. The first-order valence-electron chi connectivity index (χ1n) is 7.47. The molecule has 0 bridgehead atoms. The molecule has 0 saturated carbocycles. The van der Waals surface area contributed by atoms with Gasteiger partial charge in [0.25, 0.3) is 5.91 Å². The van der Waals surface area contributed by atoms with E-state index in [9.17, 15) is 14.7 Å². The number of H-pyrrole nitrogens is 1. The molecule has 2 rings (SSSR count). The van der Waals surface area contributed by atoms with E-state index < -0.39 is 17.9 Å². The number of hydrogen-bond acceptors (Lipinski definition) is 6.